The van der Waals surface area contributed by atoms with Crippen molar-refractivity contribution in [1.29, 1.82) is 0 Å². The molecule has 0 saturated heterocycles. The molecule has 15 heavy (non-hydrogen) atoms. The van der Waals surface area contributed by atoms with Crippen LogP contribution in [0.15, 0.2) is 18.2 Å². The summed E-state index contributed by atoms with van der Waals surface area (Å²) in [4.78, 5) is 0. The molecule has 0 saturated carbocycles. The van der Waals surface area contributed by atoms with Crippen molar-refractivity contribution in [3.05, 3.63) is 29.3 Å². The van der Waals surface area contributed by atoms with Gasteiger partial charge in [0.1, 0.15) is 5.75 Å². The predicted octanol–water partition coefficient (Wildman–Crippen LogP) is 1.59. The molecule has 0 bridgehead atoms. The molecule has 0 spiro atoms. The maximum absolute atomic E-state index is 5.38. The summed E-state index contributed by atoms with van der Waals surface area (Å²) >= 11 is 4.76. The van der Waals surface area contributed by atoms with E-state index in [1.165, 1.54) is 5.56 Å². The van der Waals surface area contributed by atoms with E-state index in [4.69, 9.17) is 22.7 Å². The Morgan fingerprint density at radius 2 is 2.13 bits per heavy atom. The molecular weight excluding hydrogens is 208 g/mol. The molecular formula is C11H16N2OS. The minimum atomic E-state index is 0.305. The molecule has 0 aliphatic rings. The summed E-state index contributed by atoms with van der Waals surface area (Å²) in [5.41, 5.74) is 7.65. The first-order valence-corrected chi connectivity index (χ1v) is 5.28. The summed E-state index contributed by atoms with van der Waals surface area (Å²) in [7, 11) is 1.68. The highest BCUT2D eigenvalue weighted by molar-refractivity contribution is 7.80. The molecule has 4 heteroatoms. The summed E-state index contributed by atoms with van der Waals surface area (Å²) in [5, 5.41) is 3.22. The topological polar surface area (TPSA) is 47.3 Å². The summed E-state index contributed by atoms with van der Waals surface area (Å²) in [6.07, 6.45) is 0.948. The number of nitrogens with one attached hydrogen (secondary N) is 1. The lowest BCUT2D eigenvalue weighted by atomic mass is 10.1. The standard InChI is InChI=1S/C11H16N2OS/c1-3-8-5-4-6-9(10(8)14-2)7-13-11(12)15/h4-6H,3,7H2,1-2H3,(H3,12,13,15). The van der Waals surface area contributed by atoms with Crippen molar-refractivity contribution in [2.75, 3.05) is 7.11 Å². The summed E-state index contributed by atoms with van der Waals surface area (Å²) in [6.45, 7) is 2.70. The highest BCUT2D eigenvalue weighted by atomic mass is 32.1. The van der Waals surface area contributed by atoms with Gasteiger partial charge in [0, 0.05) is 12.1 Å². The quantitative estimate of drug-likeness (QED) is 0.763. The van der Waals surface area contributed by atoms with E-state index in [0.717, 1.165) is 17.7 Å². The molecule has 0 aromatic heterocycles. The van der Waals surface area contributed by atoms with Gasteiger partial charge >= 0.3 is 0 Å². The fourth-order valence-corrected chi connectivity index (χ4v) is 1.57. The van der Waals surface area contributed by atoms with Crippen LogP contribution in [0.25, 0.3) is 0 Å². The van der Waals surface area contributed by atoms with Crippen molar-refractivity contribution in [3.8, 4) is 5.75 Å². The van der Waals surface area contributed by atoms with Crippen LogP contribution < -0.4 is 15.8 Å². The second-order valence-corrected chi connectivity index (χ2v) is 3.62. The first-order valence-electron chi connectivity index (χ1n) is 4.87. The number of rotatable bonds is 4. The predicted molar refractivity (Wildman–Crippen MR) is 66.0 cm³/mol. The first-order chi connectivity index (χ1) is 7.19. The molecule has 0 fully saturated rings. The van der Waals surface area contributed by atoms with E-state index in [-0.39, 0.29) is 0 Å². The van der Waals surface area contributed by atoms with Crippen LogP contribution in [0.5, 0.6) is 5.75 Å². The van der Waals surface area contributed by atoms with Crippen LogP contribution in [0.4, 0.5) is 0 Å². The Kier molecular flexibility index (Phi) is 4.37. The minimum absolute atomic E-state index is 0.305. The second-order valence-electron chi connectivity index (χ2n) is 3.18. The number of benzene rings is 1. The van der Waals surface area contributed by atoms with E-state index in [2.05, 4.69) is 18.3 Å². The van der Waals surface area contributed by atoms with E-state index in [1.807, 2.05) is 12.1 Å². The van der Waals surface area contributed by atoms with Crippen LogP contribution in [0.2, 0.25) is 0 Å². The molecule has 0 aliphatic heterocycles. The highest BCUT2D eigenvalue weighted by Gasteiger charge is 2.06. The van der Waals surface area contributed by atoms with Gasteiger partial charge in [0.25, 0.3) is 0 Å². The number of para-hydroxylation sites is 1. The third-order valence-electron chi connectivity index (χ3n) is 2.22. The molecule has 3 N–H and O–H groups in total. The highest BCUT2D eigenvalue weighted by Crippen LogP contribution is 2.23. The number of ether oxygens (including phenoxy) is 1. The largest absolute Gasteiger partial charge is 0.496 e. The van der Waals surface area contributed by atoms with Crippen LogP contribution in [-0.2, 0) is 13.0 Å². The fourth-order valence-electron chi connectivity index (χ4n) is 1.50. The van der Waals surface area contributed by atoms with Gasteiger partial charge in [-0.1, -0.05) is 25.1 Å². The van der Waals surface area contributed by atoms with E-state index in [0.29, 0.717) is 11.7 Å². The van der Waals surface area contributed by atoms with Gasteiger partial charge in [-0.25, -0.2) is 0 Å². The maximum atomic E-state index is 5.38. The Labute approximate surface area is 95.6 Å². The lowest BCUT2D eigenvalue weighted by Crippen LogP contribution is -2.28. The zero-order chi connectivity index (χ0) is 11.3. The molecule has 0 radical (unpaired) electrons. The Hall–Kier alpha value is -1.29. The molecule has 0 heterocycles. The molecule has 1 rings (SSSR count). The molecule has 3 nitrogen and oxygen atoms in total. The maximum Gasteiger partial charge on any atom is 0.163 e. The van der Waals surface area contributed by atoms with E-state index in [9.17, 15) is 0 Å². The van der Waals surface area contributed by atoms with Gasteiger partial charge in [-0.05, 0) is 24.2 Å². The average Bonchev–Trinajstić information content (AvgIpc) is 2.25. The third kappa shape index (κ3) is 3.09. The van der Waals surface area contributed by atoms with Crippen LogP contribution in [0.1, 0.15) is 18.1 Å². The number of thiocarbonyl (C=S) groups is 1. The fraction of sp³-hybridized carbons (Fsp3) is 0.364. The number of hydrogen-bond acceptors (Lipinski definition) is 2. The molecule has 0 amide bonds. The molecule has 0 atom stereocenters. The van der Waals surface area contributed by atoms with Gasteiger partial charge in [-0.2, -0.15) is 0 Å². The van der Waals surface area contributed by atoms with E-state index < -0.39 is 0 Å². The van der Waals surface area contributed by atoms with Gasteiger partial charge in [-0.15, -0.1) is 0 Å². The van der Waals surface area contributed by atoms with Gasteiger partial charge in [0.05, 0.1) is 7.11 Å². The Morgan fingerprint density at radius 3 is 2.67 bits per heavy atom. The van der Waals surface area contributed by atoms with Gasteiger partial charge < -0.3 is 15.8 Å². The van der Waals surface area contributed by atoms with Crippen LogP contribution >= 0.6 is 12.2 Å². The lowest BCUT2D eigenvalue weighted by molar-refractivity contribution is 0.404. The van der Waals surface area contributed by atoms with Crippen molar-refractivity contribution in [2.24, 2.45) is 5.73 Å². The normalized spacial score (nSPS) is 9.73. The Balaban J connectivity index is 2.90. The molecule has 1 aromatic rings. The molecule has 1 aromatic carbocycles. The van der Waals surface area contributed by atoms with Crippen molar-refractivity contribution in [1.82, 2.24) is 5.32 Å². The monoisotopic (exact) mass is 224 g/mol. The van der Waals surface area contributed by atoms with Crippen LogP contribution in [0.3, 0.4) is 0 Å². The molecule has 0 aliphatic carbocycles. The molecule has 82 valence electrons. The van der Waals surface area contributed by atoms with Crippen molar-refractivity contribution in [2.45, 2.75) is 19.9 Å². The lowest BCUT2D eigenvalue weighted by Gasteiger charge is -2.13. The summed E-state index contributed by atoms with van der Waals surface area (Å²) in [5.74, 6) is 0.920. The molecule has 0 unspecified atom stereocenters. The zero-order valence-corrected chi connectivity index (χ0v) is 9.86. The SMILES string of the molecule is CCc1cccc(CNC(N)=S)c1OC. The van der Waals surface area contributed by atoms with Gasteiger partial charge in [0.15, 0.2) is 5.11 Å². The number of aryl methyl sites for hydroxylation is 1. The Bertz CT molecular complexity index is 352. The second kappa shape index (κ2) is 5.56. The zero-order valence-electron chi connectivity index (χ0n) is 9.04. The van der Waals surface area contributed by atoms with Crippen LogP contribution in [0, 0.1) is 0 Å². The van der Waals surface area contributed by atoms with Gasteiger partial charge in [0.2, 0.25) is 0 Å². The van der Waals surface area contributed by atoms with Crippen LogP contribution in [-0.4, -0.2) is 12.2 Å². The summed E-state index contributed by atoms with van der Waals surface area (Å²) in [6, 6.07) is 6.07. The van der Waals surface area contributed by atoms with Crippen molar-refractivity contribution < 1.29 is 4.74 Å². The minimum Gasteiger partial charge on any atom is -0.496 e. The van der Waals surface area contributed by atoms with Gasteiger partial charge in [-0.3, -0.25) is 0 Å². The third-order valence-corrected chi connectivity index (χ3v) is 2.36. The summed E-state index contributed by atoms with van der Waals surface area (Å²) < 4.78 is 5.38. The Morgan fingerprint density at radius 1 is 1.47 bits per heavy atom. The smallest absolute Gasteiger partial charge is 0.163 e. The first kappa shape index (κ1) is 11.8. The number of hydrogen-bond donors (Lipinski definition) is 2. The number of methoxy groups -OCH3 is 1. The van der Waals surface area contributed by atoms with E-state index >= 15 is 0 Å². The average molecular weight is 224 g/mol. The number of nitrogens with two attached hydrogens (primary N) is 1. The van der Waals surface area contributed by atoms with Crippen molar-refractivity contribution in [3.63, 3.8) is 0 Å². The van der Waals surface area contributed by atoms with Crippen molar-refractivity contribution >= 4 is 17.3 Å². The van der Waals surface area contributed by atoms with E-state index in [1.54, 1.807) is 7.11 Å².